The molecule has 0 amide bonds. The highest BCUT2D eigenvalue weighted by Crippen LogP contribution is 2.32. The van der Waals surface area contributed by atoms with Crippen molar-refractivity contribution in [2.45, 2.75) is 136 Å². The van der Waals surface area contributed by atoms with E-state index in [0.717, 1.165) is 24.0 Å². The van der Waals surface area contributed by atoms with E-state index in [-0.39, 0.29) is 0 Å². The third kappa shape index (κ3) is 17.4. The summed E-state index contributed by atoms with van der Waals surface area (Å²) in [5.74, 6) is 0.590. The molecule has 0 aliphatic rings. The molecule has 0 spiro atoms. The second-order valence-electron chi connectivity index (χ2n) is 9.82. The number of carboxylic acids is 1. The van der Waals surface area contributed by atoms with E-state index in [1.165, 1.54) is 70.6 Å². The van der Waals surface area contributed by atoms with Gasteiger partial charge in [-0.3, -0.25) is 4.79 Å². The fourth-order valence-electron chi connectivity index (χ4n) is 3.86. The minimum atomic E-state index is -0.664. The summed E-state index contributed by atoms with van der Waals surface area (Å²) < 4.78 is 0. The van der Waals surface area contributed by atoms with Crippen LogP contribution < -0.4 is 0 Å². The second kappa shape index (κ2) is 20.8. The number of allylic oxidation sites excluding steroid dienone is 2. The second-order valence-corrected chi connectivity index (χ2v) is 9.82. The van der Waals surface area contributed by atoms with Crippen LogP contribution >= 0.6 is 0 Å². The van der Waals surface area contributed by atoms with Gasteiger partial charge in [0, 0.05) is 6.42 Å². The number of carboxylic acid groups (broad SMARTS) is 1. The van der Waals surface area contributed by atoms with Crippen LogP contribution in [-0.2, 0) is 4.79 Å². The molecule has 190 valence electrons. The number of hydrogen-bond donors (Lipinski definition) is 2. The maximum absolute atomic E-state index is 10.3. The highest BCUT2D eigenvalue weighted by Gasteiger charge is 2.11. The SMILES string of the molecule is CC(C)c1cccc(C(C)C)c1O.CCCCCCCCC=CCCCCCCCC(=O)O. The number of phenols is 1. The van der Waals surface area contributed by atoms with E-state index in [0.29, 0.717) is 24.0 Å². The number of aliphatic carboxylic acids is 1. The Bertz CT molecular complexity index is 605. The first kappa shape index (κ1) is 31.2. The normalized spacial score (nSPS) is 11.2. The van der Waals surface area contributed by atoms with E-state index < -0.39 is 5.97 Å². The van der Waals surface area contributed by atoms with Gasteiger partial charge in [0.15, 0.2) is 0 Å². The summed E-state index contributed by atoms with van der Waals surface area (Å²) in [6, 6.07) is 6.00. The molecule has 0 aliphatic carbocycles. The van der Waals surface area contributed by atoms with E-state index in [1.807, 2.05) is 18.2 Å². The molecule has 0 unspecified atom stereocenters. The maximum Gasteiger partial charge on any atom is 0.303 e. The predicted molar refractivity (Wildman–Crippen MR) is 143 cm³/mol. The molecule has 0 saturated carbocycles. The minimum Gasteiger partial charge on any atom is -0.507 e. The van der Waals surface area contributed by atoms with Crippen molar-refractivity contribution in [3.8, 4) is 5.75 Å². The van der Waals surface area contributed by atoms with Gasteiger partial charge in [-0.15, -0.1) is 0 Å². The van der Waals surface area contributed by atoms with Crippen LogP contribution in [0.15, 0.2) is 30.4 Å². The van der Waals surface area contributed by atoms with Gasteiger partial charge in [-0.2, -0.15) is 0 Å². The van der Waals surface area contributed by atoms with E-state index >= 15 is 0 Å². The van der Waals surface area contributed by atoms with Gasteiger partial charge in [0.2, 0.25) is 0 Å². The zero-order chi connectivity index (χ0) is 24.9. The first-order valence-electron chi connectivity index (χ1n) is 13.5. The lowest BCUT2D eigenvalue weighted by molar-refractivity contribution is -0.137. The van der Waals surface area contributed by atoms with Crippen LogP contribution in [0.3, 0.4) is 0 Å². The molecular formula is C30H52O3. The van der Waals surface area contributed by atoms with Gasteiger partial charge < -0.3 is 10.2 Å². The molecule has 0 radical (unpaired) electrons. The van der Waals surface area contributed by atoms with E-state index in [4.69, 9.17) is 5.11 Å². The Morgan fingerprint density at radius 2 is 1.18 bits per heavy atom. The first-order chi connectivity index (χ1) is 15.8. The van der Waals surface area contributed by atoms with Crippen LogP contribution in [0.2, 0.25) is 0 Å². The van der Waals surface area contributed by atoms with Gasteiger partial charge in [0.1, 0.15) is 5.75 Å². The molecule has 3 nitrogen and oxygen atoms in total. The van der Waals surface area contributed by atoms with Crippen LogP contribution in [0.1, 0.15) is 147 Å². The molecule has 0 aliphatic heterocycles. The summed E-state index contributed by atoms with van der Waals surface area (Å²) in [4.78, 5) is 10.3. The Morgan fingerprint density at radius 3 is 1.61 bits per heavy atom. The average molecular weight is 461 g/mol. The van der Waals surface area contributed by atoms with Crippen molar-refractivity contribution in [1.29, 1.82) is 0 Å². The van der Waals surface area contributed by atoms with Crippen molar-refractivity contribution in [3.05, 3.63) is 41.5 Å². The van der Waals surface area contributed by atoms with Gasteiger partial charge in [-0.25, -0.2) is 0 Å². The standard InChI is InChI=1S/C18H34O2.C12H18O/c1-2-3-4-5-6-7-8-9-10-11-12-13-14-15-16-17-18(19)20;1-8(2)10-6-5-7-11(9(3)4)12(10)13/h9-10H,2-8,11-17H2,1H3,(H,19,20);5-9,13H,1-4H3. The predicted octanol–water partition coefficient (Wildman–Crippen LogP) is 9.75. The van der Waals surface area contributed by atoms with Crippen molar-refractivity contribution >= 4 is 5.97 Å². The molecule has 1 rings (SSSR count). The van der Waals surface area contributed by atoms with Gasteiger partial charge in [0.25, 0.3) is 0 Å². The number of para-hydroxylation sites is 1. The Labute approximate surface area is 204 Å². The summed E-state index contributed by atoms with van der Waals surface area (Å²) in [7, 11) is 0. The Hall–Kier alpha value is -1.77. The topological polar surface area (TPSA) is 57.5 Å². The molecule has 0 saturated heterocycles. The highest BCUT2D eigenvalue weighted by molar-refractivity contribution is 5.66. The number of benzene rings is 1. The first-order valence-corrected chi connectivity index (χ1v) is 13.5. The Morgan fingerprint density at radius 1 is 0.758 bits per heavy atom. The molecule has 1 aromatic carbocycles. The van der Waals surface area contributed by atoms with E-state index in [2.05, 4.69) is 46.8 Å². The Balaban J connectivity index is 0.000000676. The van der Waals surface area contributed by atoms with Gasteiger partial charge in [-0.1, -0.05) is 116 Å². The summed E-state index contributed by atoms with van der Waals surface area (Å²) in [6.07, 6.45) is 21.2. The van der Waals surface area contributed by atoms with Crippen molar-refractivity contribution in [1.82, 2.24) is 0 Å². The molecule has 0 heterocycles. The smallest absolute Gasteiger partial charge is 0.303 e. The lowest BCUT2D eigenvalue weighted by Crippen LogP contribution is -1.94. The highest BCUT2D eigenvalue weighted by atomic mass is 16.4. The molecule has 0 bridgehead atoms. The van der Waals surface area contributed by atoms with Crippen LogP contribution in [0, 0.1) is 0 Å². The fraction of sp³-hybridized carbons (Fsp3) is 0.700. The minimum absolute atomic E-state index is 0.332. The zero-order valence-electron chi connectivity index (χ0n) is 22.2. The van der Waals surface area contributed by atoms with Crippen LogP contribution in [0.25, 0.3) is 0 Å². The third-order valence-electron chi connectivity index (χ3n) is 5.99. The average Bonchev–Trinajstić information content (AvgIpc) is 2.76. The molecule has 0 atom stereocenters. The summed E-state index contributed by atoms with van der Waals surface area (Å²) in [6.45, 7) is 10.6. The van der Waals surface area contributed by atoms with E-state index in [9.17, 15) is 9.90 Å². The third-order valence-corrected chi connectivity index (χ3v) is 5.99. The molecular weight excluding hydrogens is 408 g/mol. The number of unbranched alkanes of at least 4 members (excludes halogenated alkanes) is 11. The van der Waals surface area contributed by atoms with Gasteiger partial charge in [0.05, 0.1) is 0 Å². The van der Waals surface area contributed by atoms with Crippen molar-refractivity contribution in [2.75, 3.05) is 0 Å². The van der Waals surface area contributed by atoms with Gasteiger partial charge in [-0.05, 0) is 55.1 Å². The van der Waals surface area contributed by atoms with Gasteiger partial charge >= 0.3 is 5.97 Å². The quantitative estimate of drug-likeness (QED) is 0.180. The summed E-state index contributed by atoms with van der Waals surface area (Å²) >= 11 is 0. The number of aromatic hydroxyl groups is 1. The number of rotatable bonds is 17. The van der Waals surface area contributed by atoms with Crippen molar-refractivity contribution in [3.63, 3.8) is 0 Å². The number of phenolic OH excluding ortho intramolecular Hbond substituents is 1. The lowest BCUT2D eigenvalue weighted by Gasteiger charge is -2.14. The largest absolute Gasteiger partial charge is 0.507 e. The van der Waals surface area contributed by atoms with E-state index in [1.54, 1.807) is 0 Å². The lowest BCUT2D eigenvalue weighted by atomic mass is 9.94. The summed E-state index contributed by atoms with van der Waals surface area (Å²) in [5, 5.41) is 18.4. The number of carbonyl (C=O) groups is 1. The van der Waals surface area contributed by atoms with Crippen LogP contribution in [-0.4, -0.2) is 16.2 Å². The zero-order valence-corrected chi connectivity index (χ0v) is 22.2. The molecule has 33 heavy (non-hydrogen) atoms. The monoisotopic (exact) mass is 460 g/mol. The maximum atomic E-state index is 10.3. The van der Waals surface area contributed by atoms with Crippen LogP contribution in [0.4, 0.5) is 0 Å². The summed E-state index contributed by atoms with van der Waals surface area (Å²) in [5.41, 5.74) is 2.09. The molecule has 0 fully saturated rings. The fourth-order valence-corrected chi connectivity index (χ4v) is 3.86. The van der Waals surface area contributed by atoms with Crippen molar-refractivity contribution < 1.29 is 15.0 Å². The molecule has 1 aromatic rings. The van der Waals surface area contributed by atoms with Crippen molar-refractivity contribution in [2.24, 2.45) is 0 Å². The molecule has 3 heteroatoms. The number of hydrogen-bond acceptors (Lipinski definition) is 2. The van der Waals surface area contributed by atoms with Crippen LogP contribution in [0.5, 0.6) is 5.75 Å². The Kier molecular flexibility index (Phi) is 19.7. The molecule has 0 aromatic heterocycles. The molecule has 2 N–H and O–H groups in total.